The van der Waals surface area contributed by atoms with E-state index in [1.165, 1.54) is 12.8 Å². The van der Waals surface area contributed by atoms with E-state index in [4.69, 9.17) is 14.6 Å². The third kappa shape index (κ3) is 4.03. The van der Waals surface area contributed by atoms with Crippen molar-refractivity contribution in [2.24, 2.45) is 5.41 Å². The zero-order valence-electron chi connectivity index (χ0n) is 13.5. The van der Waals surface area contributed by atoms with Gasteiger partial charge in [0.25, 0.3) is 5.91 Å². The van der Waals surface area contributed by atoms with Gasteiger partial charge in [-0.3, -0.25) is 4.79 Å². The number of amides is 1. The maximum Gasteiger partial charge on any atom is 0.260 e. The molecule has 1 saturated carbocycles. The number of ether oxygens (including phenoxy) is 2. The first-order valence-electron chi connectivity index (χ1n) is 8.39. The molecule has 0 atom stereocenters. The van der Waals surface area contributed by atoms with E-state index in [-0.39, 0.29) is 24.5 Å². The molecule has 2 aliphatic rings. The van der Waals surface area contributed by atoms with Crippen molar-refractivity contribution in [2.45, 2.75) is 32.3 Å². The summed E-state index contributed by atoms with van der Waals surface area (Å²) in [5.74, 6) is 0.671. The summed E-state index contributed by atoms with van der Waals surface area (Å²) in [6.45, 7) is 2.88. The first-order chi connectivity index (χ1) is 11.2. The molecule has 1 amide bonds. The van der Waals surface area contributed by atoms with Crippen molar-refractivity contribution in [3.05, 3.63) is 29.8 Å². The van der Waals surface area contributed by atoms with Gasteiger partial charge in [0.05, 0.1) is 19.8 Å². The third-order valence-electron chi connectivity index (χ3n) is 4.93. The molecular formula is C18H25NO4. The molecule has 0 aromatic heterocycles. The van der Waals surface area contributed by atoms with Gasteiger partial charge in [-0.1, -0.05) is 25.0 Å². The molecule has 126 valence electrons. The van der Waals surface area contributed by atoms with Gasteiger partial charge in [0, 0.05) is 18.5 Å². The number of rotatable bonds is 4. The smallest absolute Gasteiger partial charge is 0.260 e. The molecule has 5 heteroatoms. The van der Waals surface area contributed by atoms with Crippen molar-refractivity contribution in [2.75, 3.05) is 32.9 Å². The first-order valence-corrected chi connectivity index (χ1v) is 8.39. The molecule has 1 aromatic rings. The van der Waals surface area contributed by atoms with E-state index < -0.39 is 0 Å². The molecule has 0 radical (unpaired) electrons. The molecule has 3 rings (SSSR count). The molecule has 2 fully saturated rings. The lowest BCUT2D eigenvalue weighted by atomic mass is 9.87. The molecule has 1 aromatic carbocycles. The maximum atomic E-state index is 12.5. The number of benzene rings is 1. The zero-order chi connectivity index (χ0) is 16.1. The molecule has 1 spiro atoms. The van der Waals surface area contributed by atoms with Crippen LogP contribution in [0.4, 0.5) is 0 Å². The quantitative estimate of drug-likeness (QED) is 0.922. The van der Waals surface area contributed by atoms with Crippen LogP contribution in [0, 0.1) is 5.41 Å². The van der Waals surface area contributed by atoms with Gasteiger partial charge in [-0.25, -0.2) is 0 Å². The summed E-state index contributed by atoms with van der Waals surface area (Å²) in [5, 5.41) is 9.03. The lowest BCUT2D eigenvalue weighted by Gasteiger charge is -2.31. The second-order valence-electron chi connectivity index (χ2n) is 6.67. The predicted octanol–water partition coefficient (Wildman–Crippen LogP) is 1.98. The van der Waals surface area contributed by atoms with Crippen LogP contribution in [0.15, 0.2) is 24.3 Å². The van der Waals surface area contributed by atoms with Crippen molar-refractivity contribution in [3.8, 4) is 5.75 Å². The van der Waals surface area contributed by atoms with Gasteiger partial charge in [0.2, 0.25) is 0 Å². The lowest BCUT2D eigenvalue weighted by Crippen LogP contribution is -2.42. The van der Waals surface area contributed by atoms with Crippen LogP contribution in [0.2, 0.25) is 0 Å². The average Bonchev–Trinajstić information content (AvgIpc) is 2.93. The van der Waals surface area contributed by atoms with Crippen molar-refractivity contribution in [1.82, 2.24) is 4.90 Å². The summed E-state index contributed by atoms with van der Waals surface area (Å²) in [6.07, 6.45) is 4.78. The summed E-state index contributed by atoms with van der Waals surface area (Å²) >= 11 is 0. The van der Waals surface area contributed by atoms with Crippen LogP contribution in [0.1, 0.15) is 31.2 Å². The normalized spacial score (nSPS) is 20.5. The number of carbonyl (C=O) groups is 1. The minimum atomic E-state index is 0.00900. The summed E-state index contributed by atoms with van der Waals surface area (Å²) in [4.78, 5) is 14.4. The fourth-order valence-electron chi connectivity index (χ4n) is 3.56. The zero-order valence-corrected chi connectivity index (χ0v) is 13.5. The number of aliphatic hydroxyl groups excluding tert-OH is 1. The Balaban J connectivity index is 1.55. The Morgan fingerprint density at radius 1 is 1.26 bits per heavy atom. The van der Waals surface area contributed by atoms with E-state index >= 15 is 0 Å². The molecule has 5 nitrogen and oxygen atoms in total. The van der Waals surface area contributed by atoms with E-state index in [1.807, 2.05) is 4.90 Å². The Kier molecular flexibility index (Phi) is 5.18. The number of nitrogens with zero attached hydrogens (tertiary/aromatic N) is 1. The van der Waals surface area contributed by atoms with Crippen molar-refractivity contribution in [3.63, 3.8) is 0 Å². The molecular weight excluding hydrogens is 294 g/mol. The van der Waals surface area contributed by atoms with Crippen LogP contribution >= 0.6 is 0 Å². The Bertz CT molecular complexity index is 522. The largest absolute Gasteiger partial charge is 0.484 e. The van der Waals surface area contributed by atoms with Gasteiger partial charge >= 0.3 is 0 Å². The van der Waals surface area contributed by atoms with Crippen LogP contribution in [0.3, 0.4) is 0 Å². The van der Waals surface area contributed by atoms with Gasteiger partial charge in [-0.15, -0.1) is 0 Å². The number of aliphatic hydroxyl groups is 1. The lowest BCUT2D eigenvalue weighted by molar-refractivity contribution is -0.134. The average molecular weight is 319 g/mol. The van der Waals surface area contributed by atoms with Crippen LogP contribution in [-0.2, 0) is 16.1 Å². The third-order valence-corrected chi connectivity index (χ3v) is 4.93. The Labute approximate surface area is 137 Å². The number of carbonyl (C=O) groups excluding carboxylic acids is 1. The molecule has 0 bridgehead atoms. The molecule has 1 aliphatic carbocycles. The highest BCUT2D eigenvalue weighted by Crippen LogP contribution is 2.40. The van der Waals surface area contributed by atoms with Crippen molar-refractivity contribution >= 4 is 5.91 Å². The standard InChI is InChI=1S/C18H25NO4/c20-11-15-3-5-16(6-4-15)23-12-17(21)19-9-10-22-14-18(13-19)7-1-2-8-18/h3-6,20H,1-2,7-14H2. The molecule has 23 heavy (non-hydrogen) atoms. The predicted molar refractivity (Wildman–Crippen MR) is 86.2 cm³/mol. The molecule has 0 unspecified atom stereocenters. The van der Waals surface area contributed by atoms with E-state index in [0.717, 1.165) is 31.6 Å². The van der Waals surface area contributed by atoms with Crippen LogP contribution in [0.25, 0.3) is 0 Å². The van der Waals surface area contributed by atoms with E-state index in [1.54, 1.807) is 24.3 Å². The highest BCUT2D eigenvalue weighted by atomic mass is 16.5. The summed E-state index contributed by atoms with van der Waals surface area (Å²) in [5.41, 5.74) is 0.992. The molecule has 1 heterocycles. The second-order valence-corrected chi connectivity index (χ2v) is 6.67. The Hall–Kier alpha value is -1.59. The maximum absolute atomic E-state index is 12.5. The highest BCUT2D eigenvalue weighted by Gasteiger charge is 2.38. The number of hydrogen-bond acceptors (Lipinski definition) is 4. The minimum absolute atomic E-state index is 0.00900. The summed E-state index contributed by atoms with van der Waals surface area (Å²) < 4.78 is 11.3. The molecule has 1 N–H and O–H groups in total. The fraction of sp³-hybridized carbons (Fsp3) is 0.611. The van der Waals surface area contributed by atoms with Crippen LogP contribution in [-0.4, -0.2) is 48.8 Å². The van der Waals surface area contributed by atoms with Gasteiger partial charge in [0.1, 0.15) is 5.75 Å². The fourth-order valence-corrected chi connectivity index (χ4v) is 3.56. The monoisotopic (exact) mass is 319 g/mol. The summed E-state index contributed by atoms with van der Waals surface area (Å²) in [6, 6.07) is 7.16. The topological polar surface area (TPSA) is 59.0 Å². The Morgan fingerprint density at radius 3 is 2.70 bits per heavy atom. The van der Waals surface area contributed by atoms with Crippen molar-refractivity contribution in [1.29, 1.82) is 0 Å². The van der Waals surface area contributed by atoms with E-state index in [2.05, 4.69) is 0 Å². The minimum Gasteiger partial charge on any atom is -0.484 e. The van der Waals surface area contributed by atoms with Crippen molar-refractivity contribution < 1.29 is 19.4 Å². The first kappa shape index (κ1) is 16.3. The molecule has 1 aliphatic heterocycles. The highest BCUT2D eigenvalue weighted by molar-refractivity contribution is 5.77. The second kappa shape index (κ2) is 7.32. The number of hydrogen-bond donors (Lipinski definition) is 1. The SMILES string of the molecule is O=C(COc1ccc(CO)cc1)N1CCOCC2(CCCC2)C1. The van der Waals surface area contributed by atoms with Gasteiger partial charge in [0.15, 0.2) is 6.61 Å². The van der Waals surface area contributed by atoms with Gasteiger partial charge in [-0.05, 0) is 30.5 Å². The van der Waals surface area contributed by atoms with Crippen LogP contribution in [0.5, 0.6) is 5.75 Å². The Morgan fingerprint density at radius 2 is 2.00 bits per heavy atom. The molecule has 1 saturated heterocycles. The van der Waals surface area contributed by atoms with E-state index in [9.17, 15) is 4.79 Å². The summed E-state index contributed by atoms with van der Waals surface area (Å²) in [7, 11) is 0. The van der Waals surface area contributed by atoms with Gasteiger partial charge in [-0.2, -0.15) is 0 Å². The van der Waals surface area contributed by atoms with Gasteiger partial charge < -0.3 is 19.5 Å². The van der Waals surface area contributed by atoms with E-state index in [0.29, 0.717) is 18.9 Å². The van der Waals surface area contributed by atoms with Crippen LogP contribution < -0.4 is 4.74 Å².